The average Bonchev–Trinajstić information content (AvgIpc) is 2.71. The predicted molar refractivity (Wildman–Crippen MR) is 68.2 cm³/mol. The zero-order chi connectivity index (χ0) is 11.5. The minimum absolute atomic E-state index is 0.0858. The molecule has 3 heteroatoms. The molecule has 0 amide bonds. The highest BCUT2D eigenvalue weighted by Crippen LogP contribution is 2.37. The van der Waals surface area contributed by atoms with E-state index in [1.807, 2.05) is 12.1 Å². The summed E-state index contributed by atoms with van der Waals surface area (Å²) in [5.74, 6) is 0.245. The highest BCUT2D eigenvalue weighted by Gasteiger charge is 2.30. The van der Waals surface area contributed by atoms with Crippen LogP contribution in [0.5, 0.6) is 0 Å². The van der Waals surface area contributed by atoms with Gasteiger partial charge in [0.2, 0.25) is 0 Å². The van der Waals surface area contributed by atoms with Gasteiger partial charge in [-0.1, -0.05) is 25.5 Å². The van der Waals surface area contributed by atoms with Crippen LogP contribution in [0.4, 0.5) is 4.39 Å². The first kappa shape index (κ1) is 12.1. The fourth-order valence-corrected chi connectivity index (χ4v) is 3.03. The molecule has 1 aromatic carbocycles. The zero-order valence-corrected chi connectivity index (χ0v) is 11.1. The number of halogens is 2. The van der Waals surface area contributed by atoms with Gasteiger partial charge in [0.05, 0.1) is 4.47 Å². The summed E-state index contributed by atoms with van der Waals surface area (Å²) in [5, 5.41) is 3.46. The molecule has 0 radical (unpaired) electrons. The maximum Gasteiger partial charge on any atom is 0.140 e. The van der Waals surface area contributed by atoms with Gasteiger partial charge in [-0.2, -0.15) is 0 Å². The largest absolute Gasteiger partial charge is 0.314 e. The van der Waals surface area contributed by atoms with Gasteiger partial charge >= 0.3 is 0 Å². The maximum absolute atomic E-state index is 14.0. The van der Waals surface area contributed by atoms with Crippen LogP contribution in [-0.2, 0) is 0 Å². The van der Waals surface area contributed by atoms with Crippen molar-refractivity contribution in [1.29, 1.82) is 0 Å². The van der Waals surface area contributed by atoms with Gasteiger partial charge in [0.1, 0.15) is 5.82 Å². The fraction of sp³-hybridized carbons (Fsp3) is 0.538. The molecular formula is C13H17BrFN. The van der Waals surface area contributed by atoms with Crippen LogP contribution in [0.25, 0.3) is 0 Å². The van der Waals surface area contributed by atoms with Crippen LogP contribution in [0.1, 0.15) is 37.7 Å². The highest BCUT2D eigenvalue weighted by molar-refractivity contribution is 9.10. The molecule has 1 nitrogen and oxygen atoms in total. The summed E-state index contributed by atoms with van der Waals surface area (Å²) in [5.41, 5.74) is 0.859. The number of hydrogen-bond donors (Lipinski definition) is 1. The van der Waals surface area contributed by atoms with E-state index in [0.717, 1.165) is 24.9 Å². The molecule has 0 aromatic heterocycles. The molecule has 0 bridgehead atoms. The Balaban J connectivity index is 2.25. The Morgan fingerprint density at radius 1 is 1.44 bits per heavy atom. The van der Waals surface area contributed by atoms with Crippen molar-refractivity contribution < 1.29 is 4.39 Å². The molecule has 0 heterocycles. The van der Waals surface area contributed by atoms with Gasteiger partial charge in [0.15, 0.2) is 0 Å². The standard InChI is InChI=1S/C13H17BrFN/c1-2-16-12-8-4-5-9(12)10-6-3-7-11(14)13(10)15/h3,6-7,9,12,16H,2,4-5,8H2,1H3. The number of benzene rings is 1. The Bertz CT molecular complexity index is 367. The van der Waals surface area contributed by atoms with Crippen LogP contribution in [0.2, 0.25) is 0 Å². The van der Waals surface area contributed by atoms with Crippen molar-refractivity contribution in [3.8, 4) is 0 Å². The Morgan fingerprint density at radius 2 is 2.25 bits per heavy atom. The molecule has 0 saturated heterocycles. The molecule has 1 aromatic rings. The van der Waals surface area contributed by atoms with E-state index in [1.54, 1.807) is 6.07 Å². The molecule has 2 unspecified atom stereocenters. The quantitative estimate of drug-likeness (QED) is 0.890. The zero-order valence-electron chi connectivity index (χ0n) is 9.47. The third kappa shape index (κ3) is 2.30. The summed E-state index contributed by atoms with van der Waals surface area (Å²) < 4.78 is 14.6. The van der Waals surface area contributed by atoms with E-state index >= 15 is 0 Å². The molecule has 2 atom stereocenters. The van der Waals surface area contributed by atoms with Crippen molar-refractivity contribution in [1.82, 2.24) is 5.32 Å². The molecular weight excluding hydrogens is 269 g/mol. The lowest BCUT2D eigenvalue weighted by molar-refractivity contribution is 0.474. The SMILES string of the molecule is CCNC1CCCC1c1cccc(Br)c1F. The Labute approximate surface area is 105 Å². The van der Waals surface area contributed by atoms with Crippen LogP contribution in [-0.4, -0.2) is 12.6 Å². The van der Waals surface area contributed by atoms with Crippen LogP contribution < -0.4 is 5.32 Å². The Morgan fingerprint density at radius 3 is 3.00 bits per heavy atom. The second-order valence-corrected chi connectivity index (χ2v) is 5.20. The molecule has 1 aliphatic carbocycles. The molecule has 1 aliphatic rings. The second kappa shape index (κ2) is 5.28. The van der Waals surface area contributed by atoms with E-state index in [1.165, 1.54) is 6.42 Å². The minimum Gasteiger partial charge on any atom is -0.314 e. The first-order chi connectivity index (χ1) is 7.74. The molecule has 1 fully saturated rings. The summed E-state index contributed by atoms with van der Waals surface area (Å²) in [6.45, 7) is 3.06. The van der Waals surface area contributed by atoms with Gasteiger partial charge in [0.25, 0.3) is 0 Å². The topological polar surface area (TPSA) is 12.0 Å². The molecule has 88 valence electrons. The van der Waals surface area contributed by atoms with E-state index in [0.29, 0.717) is 16.4 Å². The summed E-state index contributed by atoms with van der Waals surface area (Å²) in [4.78, 5) is 0. The first-order valence-corrected chi connectivity index (χ1v) is 6.70. The molecule has 0 spiro atoms. The van der Waals surface area contributed by atoms with Crippen molar-refractivity contribution in [3.63, 3.8) is 0 Å². The third-order valence-corrected chi connectivity index (χ3v) is 3.98. The lowest BCUT2D eigenvalue weighted by Gasteiger charge is -2.21. The van der Waals surface area contributed by atoms with Gasteiger partial charge in [-0.25, -0.2) is 4.39 Å². The summed E-state index contributed by atoms with van der Waals surface area (Å²) in [7, 11) is 0. The summed E-state index contributed by atoms with van der Waals surface area (Å²) in [6, 6.07) is 6.04. The first-order valence-electron chi connectivity index (χ1n) is 5.91. The van der Waals surface area contributed by atoms with E-state index in [2.05, 4.69) is 28.2 Å². The van der Waals surface area contributed by atoms with Gasteiger partial charge in [-0.15, -0.1) is 0 Å². The number of rotatable bonds is 3. The van der Waals surface area contributed by atoms with Gasteiger partial charge in [-0.05, 0) is 46.9 Å². The Hall–Kier alpha value is -0.410. The van der Waals surface area contributed by atoms with Crippen molar-refractivity contribution in [2.45, 2.75) is 38.1 Å². The van der Waals surface area contributed by atoms with E-state index in [4.69, 9.17) is 0 Å². The maximum atomic E-state index is 14.0. The summed E-state index contributed by atoms with van der Waals surface area (Å²) in [6.07, 6.45) is 3.43. The molecule has 2 rings (SSSR count). The van der Waals surface area contributed by atoms with E-state index in [9.17, 15) is 4.39 Å². The molecule has 16 heavy (non-hydrogen) atoms. The van der Waals surface area contributed by atoms with Gasteiger partial charge < -0.3 is 5.32 Å². The molecule has 1 N–H and O–H groups in total. The van der Waals surface area contributed by atoms with Crippen molar-refractivity contribution in [2.75, 3.05) is 6.54 Å². The second-order valence-electron chi connectivity index (χ2n) is 4.34. The number of likely N-dealkylation sites (N-methyl/N-ethyl adjacent to an activating group) is 1. The predicted octanol–water partition coefficient (Wildman–Crippen LogP) is 3.83. The van der Waals surface area contributed by atoms with E-state index < -0.39 is 0 Å². The third-order valence-electron chi connectivity index (χ3n) is 3.36. The average molecular weight is 286 g/mol. The number of hydrogen-bond acceptors (Lipinski definition) is 1. The fourth-order valence-electron chi connectivity index (χ4n) is 2.65. The van der Waals surface area contributed by atoms with Crippen molar-refractivity contribution in [3.05, 3.63) is 34.1 Å². The van der Waals surface area contributed by atoms with Crippen LogP contribution in [0, 0.1) is 5.82 Å². The van der Waals surface area contributed by atoms with Crippen molar-refractivity contribution in [2.24, 2.45) is 0 Å². The van der Waals surface area contributed by atoms with Crippen LogP contribution in [0.15, 0.2) is 22.7 Å². The molecule has 1 saturated carbocycles. The smallest absolute Gasteiger partial charge is 0.140 e. The van der Waals surface area contributed by atoms with E-state index in [-0.39, 0.29) is 5.82 Å². The summed E-state index contributed by atoms with van der Waals surface area (Å²) >= 11 is 3.26. The lowest BCUT2D eigenvalue weighted by Crippen LogP contribution is -2.31. The minimum atomic E-state index is -0.0858. The highest BCUT2D eigenvalue weighted by atomic mass is 79.9. The van der Waals surface area contributed by atoms with Gasteiger partial charge in [-0.3, -0.25) is 0 Å². The Kier molecular flexibility index (Phi) is 3.98. The van der Waals surface area contributed by atoms with Crippen molar-refractivity contribution >= 4 is 15.9 Å². The monoisotopic (exact) mass is 285 g/mol. The van der Waals surface area contributed by atoms with Crippen LogP contribution in [0.3, 0.4) is 0 Å². The number of nitrogens with one attached hydrogen (secondary N) is 1. The molecule has 0 aliphatic heterocycles. The lowest BCUT2D eigenvalue weighted by atomic mass is 9.93. The van der Waals surface area contributed by atoms with Crippen LogP contribution >= 0.6 is 15.9 Å². The normalized spacial score (nSPS) is 24.9. The van der Waals surface area contributed by atoms with Gasteiger partial charge in [0, 0.05) is 12.0 Å².